The first-order valence-corrected chi connectivity index (χ1v) is 8.62. The summed E-state index contributed by atoms with van der Waals surface area (Å²) in [5.41, 5.74) is 6.10. The second kappa shape index (κ2) is 10.1. The summed E-state index contributed by atoms with van der Waals surface area (Å²) >= 11 is 0. The second-order valence-corrected chi connectivity index (χ2v) is 6.12. The van der Waals surface area contributed by atoms with Gasteiger partial charge in [0.25, 0.3) is 0 Å². The van der Waals surface area contributed by atoms with E-state index in [1.54, 1.807) is 6.07 Å². The molecule has 2 atom stereocenters. The highest BCUT2D eigenvalue weighted by molar-refractivity contribution is 5.85. The monoisotopic (exact) mass is 387 g/mol. The van der Waals surface area contributed by atoms with Crippen molar-refractivity contribution in [2.24, 2.45) is 5.73 Å². The predicted octanol–water partition coefficient (Wildman–Crippen LogP) is 1.83. The molecule has 0 bridgehead atoms. The van der Waals surface area contributed by atoms with Crippen molar-refractivity contribution in [2.75, 3.05) is 7.11 Å². The third kappa shape index (κ3) is 6.08. The Hall–Kier alpha value is -3.42. The molecule has 7 nitrogen and oxygen atoms in total. The van der Waals surface area contributed by atoms with E-state index in [4.69, 9.17) is 10.5 Å². The number of amides is 3. The number of nitrogens with one attached hydrogen (secondary N) is 2. The SMILES string of the molecule is COC(=O)[C@H](Cc1ccccc1)NC(=O)C[C@@H](NC(N)=O)c1ccccc1F. The lowest BCUT2D eigenvalue weighted by Crippen LogP contribution is -2.45. The van der Waals surface area contributed by atoms with Crippen LogP contribution in [-0.4, -0.2) is 31.1 Å². The van der Waals surface area contributed by atoms with Crippen molar-refractivity contribution < 1.29 is 23.5 Å². The first kappa shape index (κ1) is 20.9. The van der Waals surface area contributed by atoms with E-state index in [1.807, 2.05) is 30.3 Å². The summed E-state index contributed by atoms with van der Waals surface area (Å²) in [6.07, 6.45) is -0.0704. The maximum absolute atomic E-state index is 14.1. The van der Waals surface area contributed by atoms with Gasteiger partial charge < -0.3 is 21.1 Å². The molecular weight excluding hydrogens is 365 g/mol. The molecule has 2 rings (SSSR count). The Morgan fingerprint density at radius 3 is 2.29 bits per heavy atom. The third-order valence-electron chi connectivity index (χ3n) is 4.09. The van der Waals surface area contributed by atoms with Gasteiger partial charge in [-0.15, -0.1) is 0 Å². The van der Waals surface area contributed by atoms with Gasteiger partial charge in [-0.3, -0.25) is 4.79 Å². The zero-order valence-corrected chi connectivity index (χ0v) is 15.4. The Balaban J connectivity index is 2.13. The smallest absolute Gasteiger partial charge is 0.328 e. The van der Waals surface area contributed by atoms with Crippen molar-refractivity contribution in [3.05, 3.63) is 71.5 Å². The molecule has 8 heteroatoms. The van der Waals surface area contributed by atoms with Gasteiger partial charge in [0.05, 0.1) is 19.6 Å². The van der Waals surface area contributed by atoms with Gasteiger partial charge in [-0.25, -0.2) is 14.0 Å². The van der Waals surface area contributed by atoms with E-state index >= 15 is 0 Å². The van der Waals surface area contributed by atoms with Crippen LogP contribution < -0.4 is 16.4 Å². The number of nitrogens with two attached hydrogens (primary N) is 1. The molecule has 0 aromatic heterocycles. The molecule has 0 radical (unpaired) electrons. The number of carbonyl (C=O) groups excluding carboxylic acids is 3. The summed E-state index contributed by atoms with van der Waals surface area (Å²) in [4.78, 5) is 35.8. The Bertz CT molecular complexity index is 829. The molecule has 4 N–H and O–H groups in total. The number of hydrogen-bond acceptors (Lipinski definition) is 4. The maximum Gasteiger partial charge on any atom is 0.328 e. The molecule has 148 valence electrons. The lowest BCUT2D eigenvalue weighted by atomic mass is 10.0. The Morgan fingerprint density at radius 1 is 1.04 bits per heavy atom. The number of carbonyl (C=O) groups is 3. The summed E-state index contributed by atoms with van der Waals surface area (Å²) in [6.45, 7) is 0. The van der Waals surface area contributed by atoms with Gasteiger partial charge in [-0.2, -0.15) is 0 Å². The molecule has 3 amide bonds. The highest BCUT2D eigenvalue weighted by Crippen LogP contribution is 2.20. The summed E-state index contributed by atoms with van der Waals surface area (Å²) in [5.74, 6) is -1.75. The number of primary amides is 1. The van der Waals surface area contributed by atoms with Crippen molar-refractivity contribution >= 4 is 17.9 Å². The second-order valence-electron chi connectivity index (χ2n) is 6.12. The normalized spacial score (nSPS) is 12.5. The van der Waals surface area contributed by atoms with E-state index in [-0.39, 0.29) is 18.4 Å². The van der Waals surface area contributed by atoms with Crippen molar-refractivity contribution in [1.82, 2.24) is 10.6 Å². The van der Waals surface area contributed by atoms with E-state index in [0.29, 0.717) is 0 Å². The van der Waals surface area contributed by atoms with E-state index in [1.165, 1.54) is 25.3 Å². The highest BCUT2D eigenvalue weighted by Gasteiger charge is 2.25. The number of ether oxygens (including phenoxy) is 1. The van der Waals surface area contributed by atoms with Crippen molar-refractivity contribution in [3.8, 4) is 0 Å². The molecule has 28 heavy (non-hydrogen) atoms. The number of rotatable bonds is 8. The average molecular weight is 387 g/mol. The van der Waals surface area contributed by atoms with Crippen LogP contribution in [0.4, 0.5) is 9.18 Å². The topological polar surface area (TPSA) is 111 Å². The zero-order valence-electron chi connectivity index (χ0n) is 15.4. The molecule has 0 saturated heterocycles. The minimum atomic E-state index is -0.978. The molecule has 0 fully saturated rings. The van der Waals surface area contributed by atoms with Gasteiger partial charge in [0.15, 0.2) is 0 Å². The van der Waals surface area contributed by atoms with Crippen LogP contribution in [-0.2, 0) is 20.7 Å². The van der Waals surface area contributed by atoms with Crippen LogP contribution in [0.25, 0.3) is 0 Å². The van der Waals surface area contributed by atoms with Gasteiger partial charge in [-0.1, -0.05) is 48.5 Å². The van der Waals surface area contributed by atoms with Gasteiger partial charge in [-0.05, 0) is 11.6 Å². The predicted molar refractivity (Wildman–Crippen MR) is 101 cm³/mol. The molecule has 0 aliphatic carbocycles. The maximum atomic E-state index is 14.1. The van der Waals surface area contributed by atoms with E-state index in [0.717, 1.165) is 5.56 Å². The van der Waals surface area contributed by atoms with Gasteiger partial charge >= 0.3 is 12.0 Å². The minimum Gasteiger partial charge on any atom is -0.467 e. The van der Waals surface area contributed by atoms with E-state index < -0.39 is 35.8 Å². The third-order valence-corrected chi connectivity index (χ3v) is 4.09. The Morgan fingerprint density at radius 2 is 1.68 bits per heavy atom. The molecule has 0 aliphatic heterocycles. The fraction of sp³-hybridized carbons (Fsp3) is 0.250. The van der Waals surface area contributed by atoms with Crippen LogP contribution in [0.3, 0.4) is 0 Å². The van der Waals surface area contributed by atoms with Crippen LogP contribution >= 0.6 is 0 Å². The molecule has 0 heterocycles. The van der Waals surface area contributed by atoms with Crippen LogP contribution in [0.2, 0.25) is 0 Å². The summed E-state index contributed by atoms with van der Waals surface area (Å²) < 4.78 is 18.8. The molecule has 0 saturated carbocycles. The molecule has 0 spiro atoms. The molecular formula is C20H22FN3O4. The van der Waals surface area contributed by atoms with Crippen molar-refractivity contribution in [3.63, 3.8) is 0 Å². The van der Waals surface area contributed by atoms with E-state index in [2.05, 4.69) is 10.6 Å². The van der Waals surface area contributed by atoms with Crippen LogP contribution in [0, 0.1) is 5.82 Å². The van der Waals surface area contributed by atoms with Crippen LogP contribution in [0.1, 0.15) is 23.6 Å². The van der Waals surface area contributed by atoms with Gasteiger partial charge in [0.2, 0.25) is 5.91 Å². The van der Waals surface area contributed by atoms with Crippen LogP contribution in [0.5, 0.6) is 0 Å². The van der Waals surface area contributed by atoms with E-state index in [9.17, 15) is 18.8 Å². The summed E-state index contributed by atoms with van der Waals surface area (Å²) in [7, 11) is 1.23. The van der Waals surface area contributed by atoms with Crippen molar-refractivity contribution in [2.45, 2.75) is 24.9 Å². The lowest BCUT2D eigenvalue weighted by Gasteiger charge is -2.21. The molecule has 0 aliphatic rings. The first-order valence-electron chi connectivity index (χ1n) is 8.62. The van der Waals surface area contributed by atoms with Gasteiger partial charge in [0.1, 0.15) is 11.9 Å². The fourth-order valence-corrected chi connectivity index (χ4v) is 2.79. The molecule has 2 aromatic rings. The Kier molecular flexibility index (Phi) is 7.50. The largest absolute Gasteiger partial charge is 0.467 e. The Labute approximate surface area is 162 Å². The number of urea groups is 1. The lowest BCUT2D eigenvalue weighted by molar-refractivity contribution is -0.145. The number of halogens is 1. The minimum absolute atomic E-state index is 0.120. The standard InChI is InChI=1S/C20H22FN3O4/c1-28-19(26)17(11-13-7-3-2-4-8-13)23-18(25)12-16(24-20(22)27)14-9-5-6-10-15(14)21/h2-10,16-17H,11-12H2,1H3,(H,23,25)(H3,22,24,27)/t16-,17+/m1/s1. The highest BCUT2D eigenvalue weighted by atomic mass is 19.1. The fourth-order valence-electron chi connectivity index (χ4n) is 2.79. The zero-order chi connectivity index (χ0) is 20.5. The van der Waals surface area contributed by atoms with Crippen LogP contribution in [0.15, 0.2) is 54.6 Å². The number of esters is 1. The summed E-state index contributed by atoms with van der Waals surface area (Å²) in [6, 6.07) is 12.1. The number of hydrogen-bond donors (Lipinski definition) is 3. The van der Waals surface area contributed by atoms with Gasteiger partial charge in [0, 0.05) is 12.0 Å². The average Bonchev–Trinajstić information content (AvgIpc) is 2.67. The van der Waals surface area contributed by atoms with Crippen molar-refractivity contribution in [1.29, 1.82) is 0 Å². The number of benzene rings is 2. The number of methoxy groups -OCH3 is 1. The first-order chi connectivity index (χ1) is 13.4. The molecule has 2 aromatic carbocycles. The quantitative estimate of drug-likeness (QED) is 0.600. The molecule has 0 unspecified atom stereocenters. The summed E-state index contributed by atoms with van der Waals surface area (Å²) in [5, 5.41) is 4.94.